The fourth-order valence-corrected chi connectivity index (χ4v) is 3.58. The Balaban J connectivity index is 1.53. The lowest BCUT2D eigenvalue weighted by Gasteiger charge is -2.17. The number of rotatable bonds is 4. The fraction of sp³-hybridized carbons (Fsp3) is 0.300. The number of aryl methyl sites for hydroxylation is 1. The maximum Gasteiger partial charge on any atom is 0.323 e. The van der Waals surface area contributed by atoms with Crippen molar-refractivity contribution in [1.29, 1.82) is 0 Å². The van der Waals surface area contributed by atoms with Crippen molar-refractivity contribution in [1.82, 2.24) is 19.9 Å². The highest BCUT2D eigenvalue weighted by Gasteiger charge is 2.34. The lowest BCUT2D eigenvalue weighted by atomic mass is 10.0. The highest BCUT2D eigenvalue weighted by atomic mass is 16.2. The van der Waals surface area contributed by atoms with Gasteiger partial charge in [0, 0.05) is 19.2 Å². The second-order valence-corrected chi connectivity index (χ2v) is 7.18. The van der Waals surface area contributed by atoms with Crippen LogP contribution in [0.2, 0.25) is 0 Å². The van der Waals surface area contributed by atoms with Crippen molar-refractivity contribution in [3.63, 3.8) is 0 Å². The molecule has 8 nitrogen and oxygen atoms in total. The molecule has 0 spiro atoms. The number of aromatic amines is 2. The second-order valence-electron chi connectivity index (χ2n) is 7.18. The Morgan fingerprint density at radius 3 is 2.86 bits per heavy atom. The maximum atomic E-state index is 12.9. The first-order chi connectivity index (χ1) is 13.4. The molecular weight excluding hydrogens is 358 g/mol. The van der Waals surface area contributed by atoms with E-state index in [1.54, 1.807) is 11.1 Å². The van der Waals surface area contributed by atoms with Crippen LogP contribution in [0.25, 0.3) is 11.0 Å². The van der Waals surface area contributed by atoms with Crippen LogP contribution in [0.15, 0.2) is 35.3 Å². The quantitative estimate of drug-likeness (QED) is 0.642. The molecule has 4 rings (SSSR count). The normalized spacial score (nSPS) is 16.7. The van der Waals surface area contributed by atoms with E-state index in [2.05, 4.69) is 20.3 Å². The molecule has 0 radical (unpaired) electrons. The second kappa shape index (κ2) is 6.95. The van der Waals surface area contributed by atoms with Crippen LogP contribution in [0.1, 0.15) is 23.2 Å². The number of nitrogens with one attached hydrogen (secondary N) is 3. The molecule has 3 heterocycles. The molecular formula is C20H21N5O3. The van der Waals surface area contributed by atoms with Gasteiger partial charge < -0.3 is 20.2 Å². The number of hydrogen-bond donors (Lipinski definition) is 3. The third-order valence-corrected chi connectivity index (χ3v) is 5.25. The summed E-state index contributed by atoms with van der Waals surface area (Å²) < 4.78 is 0. The van der Waals surface area contributed by atoms with E-state index in [0.29, 0.717) is 29.8 Å². The minimum atomic E-state index is -0.447. The molecule has 1 aliphatic rings. The van der Waals surface area contributed by atoms with Crippen LogP contribution >= 0.6 is 0 Å². The first-order valence-electron chi connectivity index (χ1n) is 9.13. The van der Waals surface area contributed by atoms with E-state index in [9.17, 15) is 14.4 Å². The summed E-state index contributed by atoms with van der Waals surface area (Å²) in [5, 5.41) is 2.93. The number of fused-ring (bicyclic) bond motifs is 1. The van der Waals surface area contributed by atoms with Crippen molar-refractivity contribution >= 4 is 28.5 Å². The first-order valence-corrected chi connectivity index (χ1v) is 9.13. The summed E-state index contributed by atoms with van der Waals surface area (Å²) in [5.74, 6) is -0.738. The predicted molar refractivity (Wildman–Crippen MR) is 105 cm³/mol. The number of carbonyl (C=O) groups excluding carboxylic acids is 2. The van der Waals surface area contributed by atoms with Crippen LogP contribution in [0.5, 0.6) is 0 Å². The third-order valence-electron chi connectivity index (χ3n) is 5.25. The Kier molecular flexibility index (Phi) is 4.46. The number of likely N-dealkylation sites (tertiary alicyclic amines) is 1. The summed E-state index contributed by atoms with van der Waals surface area (Å²) in [5.41, 5.74) is 4.09. The molecule has 1 atom stereocenters. The standard InChI is InChI=1S/C20H21N5O3/c1-11-7-15-18(24-20(28)22-15)17(12(11)2)23-19(27)13-8-16(26)25(9-13)10-14-5-3-4-6-21-14/h3-7,13H,8-10H2,1-2H3,(H,23,27)(H2,22,24,28). The third kappa shape index (κ3) is 3.28. The van der Waals surface area contributed by atoms with Gasteiger partial charge in [-0.1, -0.05) is 6.07 Å². The monoisotopic (exact) mass is 379 g/mol. The first kappa shape index (κ1) is 18.0. The largest absolute Gasteiger partial charge is 0.336 e. The molecule has 8 heteroatoms. The smallest absolute Gasteiger partial charge is 0.323 e. The van der Waals surface area contributed by atoms with Gasteiger partial charge in [0.05, 0.1) is 34.9 Å². The molecule has 1 aliphatic heterocycles. The van der Waals surface area contributed by atoms with Gasteiger partial charge in [0.2, 0.25) is 11.8 Å². The molecule has 2 aromatic heterocycles. The Labute approximate surface area is 161 Å². The number of amides is 2. The Morgan fingerprint density at radius 1 is 1.29 bits per heavy atom. The van der Waals surface area contributed by atoms with Crippen LogP contribution in [-0.2, 0) is 16.1 Å². The van der Waals surface area contributed by atoms with E-state index in [4.69, 9.17) is 0 Å². The number of benzene rings is 1. The molecule has 0 saturated carbocycles. The molecule has 3 aromatic rings. The Hall–Kier alpha value is -3.42. The maximum absolute atomic E-state index is 12.9. The molecule has 1 unspecified atom stereocenters. The van der Waals surface area contributed by atoms with E-state index in [1.807, 2.05) is 38.1 Å². The molecule has 1 aromatic carbocycles. The minimum Gasteiger partial charge on any atom is -0.336 e. The number of H-pyrrole nitrogens is 2. The van der Waals surface area contributed by atoms with Gasteiger partial charge in [0.25, 0.3) is 0 Å². The van der Waals surface area contributed by atoms with Crippen LogP contribution in [0.3, 0.4) is 0 Å². The Morgan fingerprint density at radius 2 is 2.11 bits per heavy atom. The van der Waals surface area contributed by atoms with E-state index >= 15 is 0 Å². The van der Waals surface area contributed by atoms with Gasteiger partial charge in [-0.05, 0) is 43.2 Å². The number of pyridine rings is 1. The predicted octanol–water partition coefficient (Wildman–Crippen LogP) is 1.86. The van der Waals surface area contributed by atoms with Gasteiger partial charge >= 0.3 is 5.69 Å². The summed E-state index contributed by atoms with van der Waals surface area (Å²) in [4.78, 5) is 48.2. The zero-order valence-electron chi connectivity index (χ0n) is 15.7. The van der Waals surface area contributed by atoms with Crippen molar-refractivity contribution in [3.8, 4) is 0 Å². The van der Waals surface area contributed by atoms with E-state index in [-0.39, 0.29) is 23.9 Å². The van der Waals surface area contributed by atoms with Gasteiger partial charge in [0.15, 0.2) is 0 Å². The highest BCUT2D eigenvalue weighted by molar-refractivity contribution is 6.03. The summed E-state index contributed by atoms with van der Waals surface area (Å²) in [6.45, 7) is 4.55. The van der Waals surface area contributed by atoms with Crippen molar-refractivity contribution in [2.45, 2.75) is 26.8 Å². The molecule has 28 heavy (non-hydrogen) atoms. The average molecular weight is 379 g/mol. The SMILES string of the molecule is Cc1cc2[nH]c(=O)[nH]c2c(NC(=O)C2CC(=O)N(Cc3ccccn3)C2)c1C. The summed E-state index contributed by atoms with van der Waals surface area (Å²) >= 11 is 0. The minimum absolute atomic E-state index is 0.0630. The Bertz CT molecular complexity index is 1120. The lowest BCUT2D eigenvalue weighted by Crippen LogP contribution is -2.28. The van der Waals surface area contributed by atoms with Crippen molar-refractivity contribution in [3.05, 3.63) is 57.8 Å². The van der Waals surface area contributed by atoms with Gasteiger partial charge in [-0.2, -0.15) is 0 Å². The molecule has 2 amide bonds. The van der Waals surface area contributed by atoms with Gasteiger partial charge in [-0.15, -0.1) is 0 Å². The number of nitrogens with zero attached hydrogens (tertiary/aromatic N) is 2. The zero-order chi connectivity index (χ0) is 19.8. The topological polar surface area (TPSA) is 111 Å². The summed E-state index contributed by atoms with van der Waals surface area (Å²) in [7, 11) is 0. The fourth-order valence-electron chi connectivity index (χ4n) is 3.58. The van der Waals surface area contributed by atoms with Crippen LogP contribution in [-0.4, -0.2) is 38.2 Å². The number of imidazole rings is 1. The number of anilines is 1. The summed E-state index contributed by atoms with van der Waals surface area (Å²) in [6.07, 6.45) is 1.85. The number of carbonyl (C=O) groups is 2. The van der Waals surface area contributed by atoms with Crippen molar-refractivity contribution in [2.24, 2.45) is 5.92 Å². The molecule has 1 fully saturated rings. The number of aromatic nitrogens is 3. The van der Waals surface area contributed by atoms with Crippen molar-refractivity contribution < 1.29 is 9.59 Å². The van der Waals surface area contributed by atoms with Gasteiger partial charge in [-0.25, -0.2) is 4.79 Å². The summed E-state index contributed by atoms with van der Waals surface area (Å²) in [6, 6.07) is 7.42. The molecule has 0 bridgehead atoms. The molecule has 144 valence electrons. The van der Waals surface area contributed by atoms with E-state index in [1.165, 1.54) is 0 Å². The molecule has 0 aliphatic carbocycles. The van der Waals surface area contributed by atoms with Gasteiger partial charge in [-0.3, -0.25) is 14.6 Å². The lowest BCUT2D eigenvalue weighted by molar-refractivity contribution is -0.128. The van der Waals surface area contributed by atoms with Crippen LogP contribution in [0, 0.1) is 19.8 Å². The number of hydrogen-bond acceptors (Lipinski definition) is 4. The van der Waals surface area contributed by atoms with Gasteiger partial charge in [0.1, 0.15) is 0 Å². The molecule has 3 N–H and O–H groups in total. The zero-order valence-corrected chi connectivity index (χ0v) is 15.7. The van der Waals surface area contributed by atoms with Crippen molar-refractivity contribution in [2.75, 3.05) is 11.9 Å². The average Bonchev–Trinajstić information content (AvgIpc) is 3.22. The van der Waals surface area contributed by atoms with Crippen LogP contribution in [0.4, 0.5) is 5.69 Å². The highest BCUT2D eigenvalue weighted by Crippen LogP contribution is 2.29. The van der Waals surface area contributed by atoms with Crippen LogP contribution < -0.4 is 11.0 Å². The molecule has 1 saturated heterocycles. The van der Waals surface area contributed by atoms with E-state index < -0.39 is 5.92 Å². The van der Waals surface area contributed by atoms with E-state index in [0.717, 1.165) is 16.8 Å².